The average Bonchev–Trinajstić information content (AvgIpc) is 2.26. The number of benzene rings is 1. The van der Waals surface area contributed by atoms with Gasteiger partial charge in [-0.25, -0.2) is 0 Å². The fourth-order valence-electron chi connectivity index (χ4n) is 1.54. The van der Waals surface area contributed by atoms with E-state index in [1.165, 1.54) is 0 Å². The molecule has 0 heterocycles. The molecule has 0 fully saturated rings. The van der Waals surface area contributed by atoms with Crippen LogP contribution in [0.1, 0.15) is 33.3 Å². The molecule has 0 aliphatic rings. The number of carbonyl (C=O) groups excluding carboxylic acids is 1. The van der Waals surface area contributed by atoms with Crippen molar-refractivity contribution in [3.8, 4) is 5.75 Å². The molecule has 0 atom stereocenters. The maximum atomic E-state index is 11.8. The summed E-state index contributed by atoms with van der Waals surface area (Å²) in [6.45, 7) is 7.80. The van der Waals surface area contributed by atoms with Crippen LogP contribution in [0.4, 0.5) is 0 Å². The van der Waals surface area contributed by atoms with Crippen molar-refractivity contribution in [1.82, 2.24) is 5.32 Å². The maximum Gasteiger partial charge on any atom is 0.244 e. The Kier molecular flexibility index (Phi) is 4.54. The van der Waals surface area contributed by atoms with Crippen molar-refractivity contribution >= 4 is 11.5 Å². The summed E-state index contributed by atoms with van der Waals surface area (Å²) in [5, 5.41) is 2.90. The summed E-state index contributed by atoms with van der Waals surface area (Å²) in [6, 6.07) is 7.65. The summed E-state index contributed by atoms with van der Waals surface area (Å²) in [5.74, 6) is 0.738. The first-order chi connectivity index (χ1) is 8.31. The van der Waals surface area contributed by atoms with Gasteiger partial charge < -0.3 is 10.1 Å². The van der Waals surface area contributed by atoms with Crippen LogP contribution in [0.15, 0.2) is 30.3 Å². The van der Waals surface area contributed by atoms with Crippen LogP contribution < -0.4 is 10.1 Å². The van der Waals surface area contributed by atoms with Gasteiger partial charge >= 0.3 is 0 Å². The Balaban J connectivity index is 2.79. The first-order valence-corrected chi connectivity index (χ1v) is 5.97. The predicted molar refractivity (Wildman–Crippen MR) is 74.5 cm³/mol. The van der Waals surface area contributed by atoms with Crippen LogP contribution in [0.3, 0.4) is 0 Å². The Labute approximate surface area is 109 Å². The number of ether oxygens (including phenoxy) is 1. The summed E-state index contributed by atoms with van der Waals surface area (Å²) in [7, 11) is 1.63. The average molecular weight is 247 g/mol. The topological polar surface area (TPSA) is 38.3 Å². The highest BCUT2D eigenvalue weighted by molar-refractivity contribution is 5.95. The van der Waals surface area contributed by atoms with Crippen molar-refractivity contribution in [2.75, 3.05) is 7.11 Å². The summed E-state index contributed by atoms with van der Waals surface area (Å²) in [4.78, 5) is 11.8. The third kappa shape index (κ3) is 4.62. The van der Waals surface area contributed by atoms with Gasteiger partial charge in [0.15, 0.2) is 0 Å². The second-order valence-corrected chi connectivity index (χ2v) is 5.30. The molecular weight excluding hydrogens is 226 g/mol. The van der Waals surface area contributed by atoms with Crippen LogP contribution >= 0.6 is 0 Å². The van der Waals surface area contributed by atoms with E-state index in [4.69, 9.17) is 4.74 Å². The van der Waals surface area contributed by atoms with Gasteiger partial charge in [0.05, 0.1) is 7.11 Å². The molecule has 0 unspecified atom stereocenters. The van der Waals surface area contributed by atoms with Crippen molar-refractivity contribution in [2.45, 2.75) is 33.2 Å². The smallest absolute Gasteiger partial charge is 0.244 e. The van der Waals surface area contributed by atoms with E-state index in [1.807, 2.05) is 52.0 Å². The molecule has 3 nitrogen and oxygen atoms in total. The Morgan fingerprint density at radius 3 is 2.22 bits per heavy atom. The first kappa shape index (κ1) is 14.3. The molecule has 1 aromatic rings. The van der Waals surface area contributed by atoms with Gasteiger partial charge in [-0.05, 0) is 51.0 Å². The van der Waals surface area contributed by atoms with E-state index in [9.17, 15) is 4.79 Å². The molecule has 0 spiro atoms. The molecule has 0 aliphatic heterocycles. The van der Waals surface area contributed by atoms with Crippen LogP contribution in [0.2, 0.25) is 0 Å². The zero-order chi connectivity index (χ0) is 13.8. The molecule has 0 aliphatic carbocycles. The number of methoxy groups -OCH3 is 1. The number of carbonyl (C=O) groups is 1. The number of nitrogens with one attached hydrogen (secondary N) is 1. The Morgan fingerprint density at radius 1 is 1.22 bits per heavy atom. The molecule has 18 heavy (non-hydrogen) atoms. The van der Waals surface area contributed by atoms with Crippen molar-refractivity contribution < 1.29 is 9.53 Å². The van der Waals surface area contributed by atoms with E-state index in [1.54, 1.807) is 13.2 Å². The Morgan fingerprint density at radius 2 is 1.78 bits per heavy atom. The SMILES string of the molecule is COc1ccc(/C(C)=C/C(=O)NC(C)(C)C)cc1. The Bertz CT molecular complexity index is 439. The standard InChI is InChI=1S/C15H21NO2/c1-11(10-14(17)16-15(2,3)4)12-6-8-13(18-5)9-7-12/h6-10H,1-5H3,(H,16,17)/b11-10+. The van der Waals surface area contributed by atoms with E-state index >= 15 is 0 Å². The molecule has 0 saturated heterocycles. The number of amides is 1. The number of hydrogen-bond donors (Lipinski definition) is 1. The third-order valence-corrected chi connectivity index (χ3v) is 2.39. The predicted octanol–water partition coefficient (Wildman–Crippen LogP) is 3.01. The monoisotopic (exact) mass is 247 g/mol. The summed E-state index contributed by atoms with van der Waals surface area (Å²) in [5.41, 5.74) is 1.73. The zero-order valence-corrected chi connectivity index (χ0v) is 11.7. The summed E-state index contributed by atoms with van der Waals surface area (Å²) in [6.07, 6.45) is 1.62. The minimum absolute atomic E-state index is 0.0733. The number of hydrogen-bond acceptors (Lipinski definition) is 2. The summed E-state index contributed by atoms with van der Waals surface area (Å²) < 4.78 is 5.10. The lowest BCUT2D eigenvalue weighted by molar-refractivity contribution is -0.117. The molecule has 1 N–H and O–H groups in total. The lowest BCUT2D eigenvalue weighted by Gasteiger charge is -2.19. The van der Waals surface area contributed by atoms with Crippen molar-refractivity contribution in [3.63, 3.8) is 0 Å². The quantitative estimate of drug-likeness (QED) is 0.834. The fourth-order valence-corrected chi connectivity index (χ4v) is 1.54. The zero-order valence-electron chi connectivity index (χ0n) is 11.7. The molecule has 0 aromatic heterocycles. The van der Waals surface area contributed by atoms with Gasteiger partial charge in [-0.1, -0.05) is 12.1 Å². The minimum Gasteiger partial charge on any atom is -0.497 e. The number of rotatable bonds is 3. The molecule has 1 rings (SSSR count). The van der Waals surface area contributed by atoms with Crippen molar-refractivity contribution in [1.29, 1.82) is 0 Å². The normalized spacial score (nSPS) is 12.2. The molecule has 98 valence electrons. The summed E-state index contributed by atoms with van der Waals surface area (Å²) >= 11 is 0. The van der Waals surface area contributed by atoms with Crippen LogP contribution in [0, 0.1) is 0 Å². The maximum absolute atomic E-state index is 11.8. The van der Waals surface area contributed by atoms with Gasteiger partial charge in [0, 0.05) is 11.6 Å². The highest BCUT2D eigenvalue weighted by Gasteiger charge is 2.12. The van der Waals surface area contributed by atoms with Gasteiger partial charge in [-0.3, -0.25) is 4.79 Å². The van der Waals surface area contributed by atoms with Crippen LogP contribution in [0.5, 0.6) is 5.75 Å². The molecular formula is C15H21NO2. The minimum atomic E-state index is -0.215. The largest absolute Gasteiger partial charge is 0.497 e. The lowest BCUT2D eigenvalue weighted by atomic mass is 10.1. The van der Waals surface area contributed by atoms with Gasteiger partial charge in [0.25, 0.3) is 0 Å². The van der Waals surface area contributed by atoms with E-state index in [0.717, 1.165) is 16.9 Å². The number of allylic oxidation sites excluding steroid dienone is 1. The van der Waals surface area contributed by atoms with Crippen LogP contribution in [-0.2, 0) is 4.79 Å². The highest BCUT2D eigenvalue weighted by atomic mass is 16.5. The molecule has 0 saturated carbocycles. The van der Waals surface area contributed by atoms with Crippen molar-refractivity contribution in [3.05, 3.63) is 35.9 Å². The van der Waals surface area contributed by atoms with E-state index in [2.05, 4.69) is 5.32 Å². The molecule has 1 amide bonds. The van der Waals surface area contributed by atoms with Crippen molar-refractivity contribution in [2.24, 2.45) is 0 Å². The van der Waals surface area contributed by atoms with E-state index < -0.39 is 0 Å². The van der Waals surface area contributed by atoms with Crippen LogP contribution in [-0.4, -0.2) is 18.6 Å². The fraction of sp³-hybridized carbons (Fsp3) is 0.400. The molecule has 0 radical (unpaired) electrons. The van der Waals surface area contributed by atoms with Gasteiger partial charge in [-0.15, -0.1) is 0 Å². The van der Waals surface area contributed by atoms with Gasteiger partial charge in [0.2, 0.25) is 5.91 Å². The highest BCUT2D eigenvalue weighted by Crippen LogP contribution is 2.18. The van der Waals surface area contributed by atoms with E-state index in [0.29, 0.717) is 0 Å². The lowest BCUT2D eigenvalue weighted by Crippen LogP contribution is -2.39. The Hall–Kier alpha value is -1.77. The molecule has 0 bridgehead atoms. The second-order valence-electron chi connectivity index (χ2n) is 5.30. The third-order valence-electron chi connectivity index (χ3n) is 2.39. The van der Waals surface area contributed by atoms with Gasteiger partial charge in [-0.2, -0.15) is 0 Å². The molecule has 3 heteroatoms. The molecule has 1 aromatic carbocycles. The van der Waals surface area contributed by atoms with Gasteiger partial charge in [0.1, 0.15) is 5.75 Å². The second kappa shape index (κ2) is 5.71. The first-order valence-electron chi connectivity index (χ1n) is 5.97. The van der Waals surface area contributed by atoms with E-state index in [-0.39, 0.29) is 11.4 Å². The van der Waals surface area contributed by atoms with Crippen LogP contribution in [0.25, 0.3) is 5.57 Å².